The van der Waals surface area contributed by atoms with Gasteiger partial charge >= 0.3 is 0 Å². The van der Waals surface area contributed by atoms with Gasteiger partial charge in [-0.15, -0.1) is 0 Å². The summed E-state index contributed by atoms with van der Waals surface area (Å²) in [7, 11) is 0. The van der Waals surface area contributed by atoms with E-state index in [1.54, 1.807) is 6.07 Å². The molecule has 0 atom stereocenters. The van der Waals surface area contributed by atoms with Crippen molar-refractivity contribution in [3.05, 3.63) is 58.6 Å². The topological polar surface area (TPSA) is 12.0 Å². The SMILES string of the molecule is CC(C)NCc1ccc(-c2ccc(F)c(Cl)c2)c(F)c1. The average molecular weight is 296 g/mol. The van der Waals surface area contributed by atoms with Crippen molar-refractivity contribution in [3.8, 4) is 11.1 Å². The van der Waals surface area contributed by atoms with Crippen LogP contribution < -0.4 is 5.32 Å². The highest BCUT2D eigenvalue weighted by Crippen LogP contribution is 2.27. The molecule has 0 aromatic heterocycles. The van der Waals surface area contributed by atoms with E-state index < -0.39 is 5.82 Å². The maximum Gasteiger partial charge on any atom is 0.141 e. The summed E-state index contributed by atoms with van der Waals surface area (Å²) in [5, 5.41) is 3.22. The van der Waals surface area contributed by atoms with Crippen LogP contribution in [0.15, 0.2) is 36.4 Å². The molecule has 20 heavy (non-hydrogen) atoms. The van der Waals surface area contributed by atoms with Gasteiger partial charge in [0.15, 0.2) is 0 Å². The summed E-state index contributed by atoms with van der Waals surface area (Å²) in [5.74, 6) is -0.843. The Balaban J connectivity index is 2.27. The highest BCUT2D eigenvalue weighted by atomic mass is 35.5. The number of halogens is 3. The fourth-order valence-corrected chi connectivity index (χ4v) is 2.07. The average Bonchev–Trinajstić information content (AvgIpc) is 2.40. The highest BCUT2D eigenvalue weighted by molar-refractivity contribution is 6.31. The zero-order valence-corrected chi connectivity index (χ0v) is 12.1. The van der Waals surface area contributed by atoms with Crippen LogP contribution >= 0.6 is 11.6 Å². The summed E-state index contributed by atoms with van der Waals surface area (Å²) < 4.78 is 27.2. The van der Waals surface area contributed by atoms with E-state index in [1.165, 1.54) is 24.3 Å². The Morgan fingerprint density at radius 3 is 2.40 bits per heavy atom. The second-order valence-electron chi connectivity index (χ2n) is 4.98. The molecule has 0 radical (unpaired) electrons. The monoisotopic (exact) mass is 295 g/mol. The third-order valence-electron chi connectivity index (χ3n) is 2.98. The van der Waals surface area contributed by atoms with Gasteiger partial charge in [0.25, 0.3) is 0 Å². The van der Waals surface area contributed by atoms with Crippen molar-refractivity contribution in [2.24, 2.45) is 0 Å². The van der Waals surface area contributed by atoms with Crippen LogP contribution in [0, 0.1) is 11.6 Å². The van der Waals surface area contributed by atoms with Gasteiger partial charge in [-0.3, -0.25) is 0 Å². The second-order valence-corrected chi connectivity index (χ2v) is 5.39. The first-order valence-electron chi connectivity index (χ1n) is 6.44. The fraction of sp³-hybridized carbons (Fsp3) is 0.250. The number of hydrogen-bond acceptors (Lipinski definition) is 1. The first kappa shape index (κ1) is 14.9. The number of rotatable bonds is 4. The van der Waals surface area contributed by atoms with Gasteiger partial charge in [0.1, 0.15) is 11.6 Å². The van der Waals surface area contributed by atoms with E-state index in [4.69, 9.17) is 11.6 Å². The molecule has 106 valence electrons. The molecule has 2 rings (SSSR count). The van der Waals surface area contributed by atoms with Gasteiger partial charge in [-0.2, -0.15) is 0 Å². The van der Waals surface area contributed by atoms with Crippen molar-refractivity contribution in [1.29, 1.82) is 0 Å². The molecular formula is C16H16ClF2N. The highest BCUT2D eigenvalue weighted by Gasteiger charge is 2.09. The minimum atomic E-state index is -0.506. The zero-order valence-electron chi connectivity index (χ0n) is 11.4. The lowest BCUT2D eigenvalue weighted by molar-refractivity contribution is 0.582. The molecular weight excluding hydrogens is 280 g/mol. The molecule has 2 aromatic rings. The Kier molecular flexibility index (Phi) is 4.73. The maximum atomic E-state index is 14.1. The van der Waals surface area contributed by atoms with Gasteiger partial charge in [-0.25, -0.2) is 8.78 Å². The van der Waals surface area contributed by atoms with Crippen molar-refractivity contribution >= 4 is 11.6 Å². The van der Waals surface area contributed by atoms with Gasteiger partial charge in [0, 0.05) is 18.2 Å². The van der Waals surface area contributed by atoms with Gasteiger partial charge < -0.3 is 5.32 Å². The third-order valence-corrected chi connectivity index (χ3v) is 3.27. The van der Waals surface area contributed by atoms with Gasteiger partial charge in [-0.1, -0.05) is 43.6 Å². The molecule has 2 aromatic carbocycles. The summed E-state index contributed by atoms with van der Waals surface area (Å²) >= 11 is 5.72. The summed E-state index contributed by atoms with van der Waals surface area (Å²) in [6.07, 6.45) is 0. The molecule has 0 aliphatic carbocycles. The molecule has 0 aliphatic rings. The Bertz CT molecular complexity index is 611. The predicted octanol–water partition coefficient (Wildman–Crippen LogP) is 4.78. The van der Waals surface area contributed by atoms with Gasteiger partial charge in [-0.05, 0) is 29.3 Å². The molecule has 0 fully saturated rings. The van der Waals surface area contributed by atoms with E-state index in [9.17, 15) is 8.78 Å². The second kappa shape index (κ2) is 6.33. The minimum Gasteiger partial charge on any atom is -0.310 e. The van der Waals surface area contributed by atoms with Crippen molar-refractivity contribution in [2.45, 2.75) is 26.4 Å². The lowest BCUT2D eigenvalue weighted by Gasteiger charge is -2.10. The predicted molar refractivity (Wildman–Crippen MR) is 78.8 cm³/mol. The Hall–Kier alpha value is -1.45. The van der Waals surface area contributed by atoms with E-state index >= 15 is 0 Å². The first-order valence-corrected chi connectivity index (χ1v) is 6.82. The van der Waals surface area contributed by atoms with Gasteiger partial charge in [0.05, 0.1) is 5.02 Å². The largest absolute Gasteiger partial charge is 0.310 e. The molecule has 0 bridgehead atoms. The number of benzene rings is 2. The Morgan fingerprint density at radius 2 is 1.80 bits per heavy atom. The molecule has 0 saturated carbocycles. The van der Waals surface area contributed by atoms with Crippen molar-refractivity contribution in [2.75, 3.05) is 0 Å². The van der Waals surface area contributed by atoms with Crippen LogP contribution in [0.3, 0.4) is 0 Å². The van der Waals surface area contributed by atoms with Crippen LogP contribution in [0.4, 0.5) is 8.78 Å². The first-order chi connectivity index (χ1) is 9.47. The van der Waals surface area contributed by atoms with Crippen LogP contribution in [0.1, 0.15) is 19.4 Å². The zero-order chi connectivity index (χ0) is 14.7. The Morgan fingerprint density at radius 1 is 1.05 bits per heavy atom. The molecule has 0 amide bonds. The van der Waals surface area contributed by atoms with Gasteiger partial charge in [0.2, 0.25) is 0 Å². The van der Waals surface area contributed by atoms with E-state index in [0.717, 1.165) is 5.56 Å². The molecule has 1 N–H and O–H groups in total. The fourth-order valence-electron chi connectivity index (χ4n) is 1.89. The van der Waals surface area contributed by atoms with Crippen LogP contribution in [-0.2, 0) is 6.54 Å². The maximum absolute atomic E-state index is 14.1. The number of hydrogen-bond donors (Lipinski definition) is 1. The molecule has 0 spiro atoms. The molecule has 1 nitrogen and oxygen atoms in total. The van der Waals surface area contributed by atoms with Crippen LogP contribution in [0.5, 0.6) is 0 Å². The molecule has 0 saturated heterocycles. The normalized spacial score (nSPS) is 11.1. The van der Waals surface area contributed by atoms with Crippen molar-refractivity contribution in [3.63, 3.8) is 0 Å². The lowest BCUT2D eigenvalue weighted by Crippen LogP contribution is -2.21. The van der Waals surface area contributed by atoms with Crippen molar-refractivity contribution < 1.29 is 8.78 Å². The molecule has 0 heterocycles. The van der Waals surface area contributed by atoms with Crippen LogP contribution in [-0.4, -0.2) is 6.04 Å². The van der Waals surface area contributed by atoms with Crippen LogP contribution in [0.2, 0.25) is 5.02 Å². The van der Waals surface area contributed by atoms with Crippen molar-refractivity contribution in [1.82, 2.24) is 5.32 Å². The summed E-state index contributed by atoms with van der Waals surface area (Å²) in [6, 6.07) is 9.57. The molecule has 4 heteroatoms. The molecule has 0 unspecified atom stereocenters. The van der Waals surface area contributed by atoms with E-state index in [1.807, 2.05) is 19.9 Å². The third kappa shape index (κ3) is 3.56. The van der Waals surface area contributed by atoms with Crippen LogP contribution in [0.25, 0.3) is 11.1 Å². The minimum absolute atomic E-state index is 0.00699. The van der Waals surface area contributed by atoms with E-state index in [-0.39, 0.29) is 10.8 Å². The van der Waals surface area contributed by atoms with E-state index in [2.05, 4.69) is 5.32 Å². The molecule has 0 aliphatic heterocycles. The summed E-state index contributed by atoms with van der Waals surface area (Å²) in [5.41, 5.74) is 1.85. The standard InChI is InChI=1S/C16H16ClF2N/c1-10(2)20-9-11-3-5-13(16(19)7-11)12-4-6-15(18)14(17)8-12/h3-8,10,20H,9H2,1-2H3. The quantitative estimate of drug-likeness (QED) is 0.855. The van der Waals surface area contributed by atoms with E-state index in [0.29, 0.717) is 23.7 Å². The number of nitrogens with one attached hydrogen (secondary N) is 1. The summed E-state index contributed by atoms with van der Waals surface area (Å²) in [6.45, 7) is 4.68. The smallest absolute Gasteiger partial charge is 0.141 e. The Labute approximate surface area is 122 Å². The lowest BCUT2D eigenvalue weighted by atomic mass is 10.0. The summed E-state index contributed by atoms with van der Waals surface area (Å²) in [4.78, 5) is 0.